The Labute approximate surface area is 173 Å². The molecule has 0 unspecified atom stereocenters. The summed E-state index contributed by atoms with van der Waals surface area (Å²) >= 11 is 0. The van der Waals surface area contributed by atoms with Gasteiger partial charge in [0.2, 0.25) is 10.0 Å². The van der Waals surface area contributed by atoms with E-state index in [-0.39, 0.29) is 10.9 Å². The molecule has 158 valence electrons. The standard InChI is InChI=1S/C21H30N4O3S/c1-5-25(6-2)29(27,28)18-12-13-20(24(3)4)19(16-18)23-21(26)22-15-14-17-10-8-7-9-11-17/h7-13,16H,5-6,14-15H2,1-4H3,(H2,22,23,26). The highest BCUT2D eigenvalue weighted by Crippen LogP contribution is 2.29. The van der Waals surface area contributed by atoms with Crippen LogP contribution in [0.5, 0.6) is 0 Å². The molecule has 0 spiro atoms. The van der Waals surface area contributed by atoms with Gasteiger partial charge in [0.15, 0.2) is 0 Å². The molecule has 2 aromatic carbocycles. The predicted octanol–water partition coefficient (Wildman–Crippen LogP) is 3.15. The maximum atomic E-state index is 12.8. The summed E-state index contributed by atoms with van der Waals surface area (Å²) in [7, 11) is 0.0675. The fraction of sp³-hybridized carbons (Fsp3) is 0.381. The molecular formula is C21H30N4O3S. The van der Waals surface area contributed by atoms with Gasteiger partial charge in [0.25, 0.3) is 0 Å². The second kappa shape index (κ2) is 10.3. The van der Waals surface area contributed by atoms with Crippen molar-refractivity contribution >= 4 is 27.4 Å². The zero-order chi connectivity index (χ0) is 21.4. The van der Waals surface area contributed by atoms with Crippen LogP contribution in [0.25, 0.3) is 0 Å². The summed E-state index contributed by atoms with van der Waals surface area (Å²) < 4.78 is 27.0. The predicted molar refractivity (Wildman–Crippen MR) is 118 cm³/mol. The molecule has 8 heteroatoms. The third-order valence-corrected chi connectivity index (χ3v) is 6.63. The van der Waals surface area contributed by atoms with Crippen LogP contribution in [0.4, 0.5) is 16.2 Å². The fourth-order valence-electron chi connectivity index (χ4n) is 3.01. The molecule has 0 heterocycles. The van der Waals surface area contributed by atoms with Gasteiger partial charge in [-0.05, 0) is 30.2 Å². The molecule has 0 fully saturated rings. The lowest BCUT2D eigenvalue weighted by atomic mass is 10.1. The van der Waals surface area contributed by atoms with Crippen LogP contribution in [0, 0.1) is 0 Å². The third-order valence-electron chi connectivity index (χ3n) is 4.58. The first-order valence-electron chi connectivity index (χ1n) is 9.69. The number of hydrogen-bond acceptors (Lipinski definition) is 4. The summed E-state index contributed by atoms with van der Waals surface area (Å²) in [6.45, 7) is 4.85. The first kappa shape index (κ1) is 22.7. The number of nitrogens with one attached hydrogen (secondary N) is 2. The van der Waals surface area contributed by atoms with Crippen molar-refractivity contribution in [1.82, 2.24) is 9.62 Å². The number of urea groups is 1. The van der Waals surface area contributed by atoms with Gasteiger partial charge in [-0.15, -0.1) is 0 Å². The fourth-order valence-corrected chi connectivity index (χ4v) is 4.49. The van der Waals surface area contributed by atoms with Crippen LogP contribution in [-0.4, -0.2) is 52.5 Å². The number of sulfonamides is 1. The number of rotatable bonds is 9. The minimum absolute atomic E-state index is 0.159. The molecule has 0 atom stereocenters. The third kappa shape index (κ3) is 5.95. The SMILES string of the molecule is CCN(CC)S(=O)(=O)c1ccc(N(C)C)c(NC(=O)NCCc2ccccc2)c1. The van der Waals surface area contributed by atoms with Crippen LogP contribution < -0.4 is 15.5 Å². The van der Waals surface area contributed by atoms with Gasteiger partial charge in [-0.1, -0.05) is 44.2 Å². The van der Waals surface area contributed by atoms with Gasteiger partial charge < -0.3 is 15.5 Å². The molecule has 0 saturated carbocycles. The minimum Gasteiger partial charge on any atom is -0.376 e. The van der Waals surface area contributed by atoms with E-state index in [0.29, 0.717) is 31.7 Å². The Morgan fingerprint density at radius 3 is 2.24 bits per heavy atom. The van der Waals surface area contributed by atoms with Crippen LogP contribution in [0.2, 0.25) is 0 Å². The van der Waals surface area contributed by atoms with Crippen LogP contribution in [-0.2, 0) is 16.4 Å². The minimum atomic E-state index is -3.61. The smallest absolute Gasteiger partial charge is 0.319 e. The number of carbonyl (C=O) groups is 1. The van der Waals surface area contributed by atoms with Crippen LogP contribution >= 0.6 is 0 Å². The lowest BCUT2D eigenvalue weighted by Gasteiger charge is -2.22. The average molecular weight is 419 g/mol. The maximum Gasteiger partial charge on any atom is 0.319 e. The van der Waals surface area contributed by atoms with E-state index in [1.807, 2.05) is 49.3 Å². The summed E-state index contributed by atoms with van der Waals surface area (Å²) in [6, 6.07) is 14.3. The van der Waals surface area contributed by atoms with E-state index < -0.39 is 10.0 Å². The van der Waals surface area contributed by atoms with E-state index in [9.17, 15) is 13.2 Å². The largest absolute Gasteiger partial charge is 0.376 e. The molecule has 2 N–H and O–H groups in total. The normalized spacial score (nSPS) is 11.3. The van der Waals surface area contributed by atoms with E-state index in [0.717, 1.165) is 11.3 Å². The Morgan fingerprint density at radius 2 is 1.66 bits per heavy atom. The molecule has 7 nitrogen and oxygen atoms in total. The van der Waals surface area contributed by atoms with Crippen molar-refractivity contribution in [2.24, 2.45) is 0 Å². The number of hydrogen-bond donors (Lipinski definition) is 2. The monoisotopic (exact) mass is 418 g/mol. The van der Waals surface area contributed by atoms with E-state index in [2.05, 4.69) is 10.6 Å². The van der Waals surface area contributed by atoms with Gasteiger partial charge in [-0.2, -0.15) is 4.31 Å². The number of amides is 2. The quantitative estimate of drug-likeness (QED) is 0.655. The molecular weight excluding hydrogens is 388 g/mol. The Hall–Kier alpha value is -2.58. The number of carbonyl (C=O) groups excluding carboxylic acids is 1. The van der Waals surface area contributed by atoms with Gasteiger partial charge in [0, 0.05) is 33.7 Å². The lowest BCUT2D eigenvalue weighted by molar-refractivity contribution is 0.252. The van der Waals surface area contributed by atoms with Crippen LogP contribution in [0.3, 0.4) is 0 Å². The van der Waals surface area contributed by atoms with Gasteiger partial charge in [-0.25, -0.2) is 13.2 Å². The molecule has 0 aliphatic carbocycles. The van der Waals surface area contributed by atoms with Gasteiger partial charge in [0.1, 0.15) is 0 Å². The highest BCUT2D eigenvalue weighted by atomic mass is 32.2. The number of benzene rings is 2. The molecule has 29 heavy (non-hydrogen) atoms. The Balaban J connectivity index is 2.16. The Morgan fingerprint density at radius 1 is 1.00 bits per heavy atom. The van der Waals surface area contributed by atoms with Crippen molar-refractivity contribution in [3.63, 3.8) is 0 Å². The molecule has 0 aromatic heterocycles. The molecule has 2 amide bonds. The number of nitrogens with zero attached hydrogens (tertiary/aromatic N) is 2. The maximum absolute atomic E-state index is 12.8. The molecule has 0 bridgehead atoms. The van der Waals surface area contributed by atoms with Crippen LogP contribution in [0.1, 0.15) is 19.4 Å². The second-order valence-electron chi connectivity index (χ2n) is 6.78. The zero-order valence-corrected chi connectivity index (χ0v) is 18.3. The summed E-state index contributed by atoms with van der Waals surface area (Å²) in [5.74, 6) is 0. The van der Waals surface area contributed by atoms with Crippen molar-refractivity contribution in [1.29, 1.82) is 0 Å². The van der Waals surface area contributed by atoms with Crippen LogP contribution in [0.15, 0.2) is 53.4 Å². The highest BCUT2D eigenvalue weighted by Gasteiger charge is 2.23. The summed E-state index contributed by atoms with van der Waals surface area (Å²) in [6.07, 6.45) is 0.713. The van der Waals surface area contributed by atoms with E-state index in [1.54, 1.807) is 26.0 Å². The van der Waals surface area contributed by atoms with Gasteiger partial charge in [-0.3, -0.25) is 0 Å². The van der Waals surface area contributed by atoms with Crippen molar-refractivity contribution < 1.29 is 13.2 Å². The van der Waals surface area contributed by atoms with Gasteiger partial charge in [0.05, 0.1) is 16.3 Å². The molecule has 0 aliphatic heterocycles. The zero-order valence-electron chi connectivity index (χ0n) is 17.5. The molecule has 2 rings (SSSR count). The van der Waals surface area contributed by atoms with E-state index in [1.165, 1.54) is 10.4 Å². The summed E-state index contributed by atoms with van der Waals surface area (Å²) in [5, 5.41) is 5.61. The Bertz CT molecular complexity index is 911. The molecule has 2 aromatic rings. The first-order chi connectivity index (χ1) is 13.8. The van der Waals surface area contributed by atoms with Crippen molar-refractivity contribution in [2.75, 3.05) is 43.9 Å². The van der Waals surface area contributed by atoms with Crippen molar-refractivity contribution in [3.05, 3.63) is 54.1 Å². The topological polar surface area (TPSA) is 81.8 Å². The molecule has 0 saturated heterocycles. The average Bonchev–Trinajstić information content (AvgIpc) is 2.69. The lowest BCUT2D eigenvalue weighted by Crippen LogP contribution is -2.32. The molecule has 0 aliphatic rings. The van der Waals surface area contributed by atoms with Gasteiger partial charge >= 0.3 is 6.03 Å². The highest BCUT2D eigenvalue weighted by molar-refractivity contribution is 7.89. The Kier molecular flexibility index (Phi) is 8.04. The molecule has 0 radical (unpaired) electrons. The summed E-state index contributed by atoms with van der Waals surface area (Å²) in [5.41, 5.74) is 2.30. The van der Waals surface area contributed by atoms with E-state index in [4.69, 9.17) is 0 Å². The van der Waals surface area contributed by atoms with Crippen molar-refractivity contribution in [3.8, 4) is 0 Å². The first-order valence-corrected chi connectivity index (χ1v) is 11.1. The second-order valence-corrected chi connectivity index (χ2v) is 8.72. The van der Waals surface area contributed by atoms with Crippen molar-refractivity contribution in [2.45, 2.75) is 25.2 Å². The number of anilines is 2. The summed E-state index contributed by atoms with van der Waals surface area (Å²) in [4.78, 5) is 14.4. The van der Waals surface area contributed by atoms with E-state index >= 15 is 0 Å².